The number of likely N-dealkylation sites (N-methyl/N-ethyl adjacent to an activating group) is 1. The molecule has 0 unspecified atom stereocenters. The fourth-order valence-electron chi connectivity index (χ4n) is 4.48. The molecule has 0 aliphatic carbocycles. The molecule has 2 saturated heterocycles. The third-order valence-corrected chi connectivity index (χ3v) is 6.57. The minimum absolute atomic E-state index is 0.0168. The molecule has 2 fully saturated rings. The van der Waals surface area contributed by atoms with Gasteiger partial charge in [0, 0.05) is 69.3 Å². The van der Waals surface area contributed by atoms with Gasteiger partial charge in [-0.3, -0.25) is 5.43 Å². The average Bonchev–Trinajstić information content (AvgIpc) is 2.84. The number of nitrogens with zero attached hydrogens (tertiary/aromatic N) is 5. The summed E-state index contributed by atoms with van der Waals surface area (Å²) in [4.78, 5) is 8.26. The SMILES string of the molecule is CN1CCN(c2cc(N3CCN(c4cccc(C(F)(F)F)c4)CC3)c(F)cc2C=NNC(N)=S)CC1. The van der Waals surface area contributed by atoms with Crippen LogP contribution in [-0.4, -0.2) is 75.6 Å². The Morgan fingerprint density at radius 2 is 1.56 bits per heavy atom. The topological polar surface area (TPSA) is 63.4 Å². The molecule has 0 bridgehead atoms. The number of nitrogens with two attached hydrogens (primary N) is 1. The monoisotopic (exact) mass is 523 g/mol. The van der Waals surface area contributed by atoms with E-state index in [4.69, 9.17) is 18.0 Å². The fraction of sp³-hybridized carbons (Fsp3) is 0.417. The second kappa shape index (κ2) is 10.9. The van der Waals surface area contributed by atoms with Gasteiger partial charge in [0.25, 0.3) is 0 Å². The quantitative estimate of drug-likeness (QED) is 0.270. The Kier molecular flexibility index (Phi) is 7.84. The van der Waals surface area contributed by atoms with Crippen LogP contribution in [0.2, 0.25) is 0 Å². The molecule has 0 amide bonds. The van der Waals surface area contributed by atoms with Crippen LogP contribution < -0.4 is 25.9 Å². The average molecular weight is 524 g/mol. The maximum atomic E-state index is 15.3. The lowest BCUT2D eigenvalue weighted by atomic mass is 10.1. The number of benzene rings is 2. The number of hydrazone groups is 1. The van der Waals surface area contributed by atoms with Crippen molar-refractivity contribution in [3.05, 3.63) is 53.3 Å². The van der Waals surface area contributed by atoms with Crippen molar-refractivity contribution >= 4 is 40.6 Å². The van der Waals surface area contributed by atoms with E-state index >= 15 is 4.39 Å². The highest BCUT2D eigenvalue weighted by atomic mass is 32.1. The van der Waals surface area contributed by atoms with Gasteiger partial charge in [0.15, 0.2) is 5.11 Å². The van der Waals surface area contributed by atoms with Crippen LogP contribution >= 0.6 is 12.2 Å². The summed E-state index contributed by atoms with van der Waals surface area (Å²) < 4.78 is 54.7. The molecule has 7 nitrogen and oxygen atoms in total. The summed E-state index contributed by atoms with van der Waals surface area (Å²) in [6.45, 7) is 5.24. The van der Waals surface area contributed by atoms with Gasteiger partial charge in [-0.15, -0.1) is 0 Å². The largest absolute Gasteiger partial charge is 0.416 e. The van der Waals surface area contributed by atoms with Crippen LogP contribution in [-0.2, 0) is 6.18 Å². The minimum atomic E-state index is -4.39. The lowest BCUT2D eigenvalue weighted by Crippen LogP contribution is -2.47. The van der Waals surface area contributed by atoms with Gasteiger partial charge in [-0.25, -0.2) is 4.39 Å². The Bertz CT molecular complexity index is 1110. The highest BCUT2D eigenvalue weighted by Crippen LogP contribution is 2.33. The van der Waals surface area contributed by atoms with Gasteiger partial charge in [-0.2, -0.15) is 18.3 Å². The summed E-state index contributed by atoms with van der Waals surface area (Å²) in [5, 5.41) is 4.03. The molecule has 12 heteroatoms. The molecular formula is C24H29F4N7S. The van der Waals surface area contributed by atoms with Crippen molar-refractivity contribution in [2.75, 3.05) is 74.1 Å². The van der Waals surface area contributed by atoms with E-state index in [-0.39, 0.29) is 5.11 Å². The number of halogens is 4. The number of piperazine rings is 2. The first-order valence-electron chi connectivity index (χ1n) is 11.6. The first-order valence-corrected chi connectivity index (χ1v) is 12.1. The van der Waals surface area contributed by atoms with Crippen LogP contribution in [0.5, 0.6) is 0 Å². The molecule has 3 N–H and O–H groups in total. The Balaban J connectivity index is 1.54. The summed E-state index contributed by atoms with van der Waals surface area (Å²) in [5.41, 5.74) is 9.71. The first kappa shape index (κ1) is 26.0. The van der Waals surface area contributed by atoms with Crippen LogP contribution in [0.4, 0.5) is 34.6 Å². The number of nitrogens with one attached hydrogen (secondary N) is 1. The third kappa shape index (κ3) is 6.16. The van der Waals surface area contributed by atoms with Crippen molar-refractivity contribution in [1.29, 1.82) is 0 Å². The van der Waals surface area contributed by atoms with Crippen molar-refractivity contribution < 1.29 is 17.6 Å². The van der Waals surface area contributed by atoms with E-state index < -0.39 is 17.6 Å². The summed E-state index contributed by atoms with van der Waals surface area (Å²) in [7, 11) is 2.06. The van der Waals surface area contributed by atoms with Crippen LogP contribution in [0.1, 0.15) is 11.1 Å². The maximum absolute atomic E-state index is 15.3. The van der Waals surface area contributed by atoms with E-state index in [2.05, 4.69) is 27.4 Å². The zero-order chi connectivity index (χ0) is 25.9. The zero-order valence-corrected chi connectivity index (χ0v) is 20.7. The van der Waals surface area contributed by atoms with Crippen molar-refractivity contribution in [3.8, 4) is 0 Å². The molecule has 2 aromatic rings. The number of hydrogen-bond donors (Lipinski definition) is 2. The van der Waals surface area contributed by atoms with Crippen LogP contribution in [0, 0.1) is 5.82 Å². The van der Waals surface area contributed by atoms with Crippen LogP contribution in [0.3, 0.4) is 0 Å². The molecule has 0 spiro atoms. The second-order valence-corrected chi connectivity index (χ2v) is 9.35. The fourth-order valence-corrected chi connectivity index (χ4v) is 4.54. The summed E-state index contributed by atoms with van der Waals surface area (Å²) >= 11 is 4.78. The van der Waals surface area contributed by atoms with Crippen LogP contribution in [0.25, 0.3) is 0 Å². The molecular weight excluding hydrogens is 494 g/mol. The Morgan fingerprint density at radius 3 is 2.19 bits per heavy atom. The molecule has 2 heterocycles. The molecule has 4 rings (SSSR count). The highest BCUT2D eigenvalue weighted by Gasteiger charge is 2.31. The molecule has 36 heavy (non-hydrogen) atoms. The van der Waals surface area contributed by atoms with Gasteiger partial charge in [-0.05, 0) is 49.6 Å². The Morgan fingerprint density at radius 1 is 0.944 bits per heavy atom. The van der Waals surface area contributed by atoms with Gasteiger partial charge < -0.3 is 25.3 Å². The number of thiocarbonyl (C=S) groups is 1. The van der Waals surface area contributed by atoms with E-state index in [0.717, 1.165) is 44.0 Å². The first-order chi connectivity index (χ1) is 17.1. The van der Waals surface area contributed by atoms with E-state index in [0.29, 0.717) is 43.1 Å². The Labute approximate surface area is 213 Å². The van der Waals surface area contributed by atoms with Crippen molar-refractivity contribution in [2.24, 2.45) is 10.8 Å². The van der Waals surface area contributed by atoms with Crippen molar-refractivity contribution in [2.45, 2.75) is 6.18 Å². The van der Waals surface area contributed by atoms with Gasteiger partial charge >= 0.3 is 6.18 Å². The molecule has 2 aromatic carbocycles. The van der Waals surface area contributed by atoms with Gasteiger partial charge in [0.05, 0.1) is 17.5 Å². The predicted octanol–water partition coefficient (Wildman–Crippen LogP) is 3.09. The molecule has 0 saturated carbocycles. The van der Waals surface area contributed by atoms with E-state index in [1.54, 1.807) is 6.07 Å². The number of anilines is 3. The van der Waals surface area contributed by atoms with Crippen molar-refractivity contribution in [1.82, 2.24) is 10.3 Å². The van der Waals surface area contributed by atoms with Gasteiger partial charge in [-0.1, -0.05) is 6.07 Å². The molecule has 0 atom stereocenters. The zero-order valence-electron chi connectivity index (χ0n) is 19.9. The summed E-state index contributed by atoms with van der Waals surface area (Å²) in [6.07, 6.45) is -2.89. The number of rotatable bonds is 5. The smallest absolute Gasteiger partial charge is 0.375 e. The molecule has 2 aliphatic rings. The minimum Gasteiger partial charge on any atom is -0.375 e. The lowest BCUT2D eigenvalue weighted by Gasteiger charge is -2.39. The Hall–Kier alpha value is -3.12. The highest BCUT2D eigenvalue weighted by molar-refractivity contribution is 7.80. The molecule has 194 valence electrons. The normalized spacial score (nSPS) is 17.6. The third-order valence-electron chi connectivity index (χ3n) is 6.48. The molecule has 0 aromatic heterocycles. The standard InChI is InChI=1S/C24H29F4N7S/c1-32-5-7-34(8-6-32)21-15-22(20(25)13-17(21)16-30-31-23(29)36)35-11-9-33(10-12-35)19-4-2-3-18(14-19)24(26,27)28/h2-4,13-16H,5-12H2,1H3,(H3,29,31,36). The van der Waals surface area contributed by atoms with E-state index in [1.807, 2.05) is 15.9 Å². The maximum Gasteiger partial charge on any atom is 0.416 e. The summed E-state index contributed by atoms with van der Waals surface area (Å²) in [5.74, 6) is -0.392. The number of hydrogen-bond acceptors (Lipinski definition) is 6. The van der Waals surface area contributed by atoms with Gasteiger partial charge in [0.2, 0.25) is 0 Å². The van der Waals surface area contributed by atoms with E-state index in [1.165, 1.54) is 18.3 Å². The van der Waals surface area contributed by atoms with E-state index in [9.17, 15) is 13.2 Å². The lowest BCUT2D eigenvalue weighted by molar-refractivity contribution is -0.137. The predicted molar refractivity (Wildman–Crippen MR) is 139 cm³/mol. The second-order valence-electron chi connectivity index (χ2n) is 8.91. The van der Waals surface area contributed by atoms with Crippen molar-refractivity contribution in [3.63, 3.8) is 0 Å². The molecule has 2 aliphatic heterocycles. The number of alkyl halides is 3. The van der Waals surface area contributed by atoms with Gasteiger partial charge in [0.1, 0.15) is 5.82 Å². The molecule has 0 radical (unpaired) electrons. The summed E-state index contributed by atoms with van der Waals surface area (Å²) in [6, 6.07) is 8.61. The van der Waals surface area contributed by atoms with Crippen LogP contribution in [0.15, 0.2) is 41.5 Å².